The molecule has 2 atom stereocenters. The van der Waals surface area contributed by atoms with Crippen LogP contribution in [0.25, 0.3) is 0 Å². The molecule has 0 aliphatic carbocycles. The molecule has 0 aliphatic heterocycles. The van der Waals surface area contributed by atoms with Gasteiger partial charge in [0.05, 0.1) is 0 Å². The van der Waals surface area contributed by atoms with Crippen molar-refractivity contribution in [1.29, 1.82) is 0 Å². The summed E-state index contributed by atoms with van der Waals surface area (Å²) in [6.07, 6.45) is 5.85. The van der Waals surface area contributed by atoms with Gasteiger partial charge in [0.25, 0.3) is 0 Å². The summed E-state index contributed by atoms with van der Waals surface area (Å²) in [5, 5.41) is 10.2. The molecule has 0 saturated carbocycles. The van der Waals surface area contributed by atoms with Crippen LogP contribution in [0.4, 0.5) is 0 Å². The number of ether oxygens (including phenoxy) is 1. The summed E-state index contributed by atoms with van der Waals surface area (Å²) in [7, 11) is 0. The van der Waals surface area contributed by atoms with Crippen molar-refractivity contribution >= 4 is 5.97 Å². The lowest BCUT2D eigenvalue weighted by molar-refractivity contribution is -0.156. The van der Waals surface area contributed by atoms with E-state index in [9.17, 15) is 9.90 Å². The lowest BCUT2D eigenvalue weighted by Crippen LogP contribution is -2.40. The Balaban J connectivity index is 4.14. The van der Waals surface area contributed by atoms with E-state index in [1.807, 2.05) is 0 Å². The second kappa shape index (κ2) is 7.44. The van der Waals surface area contributed by atoms with Gasteiger partial charge in [-0.3, -0.25) is 4.79 Å². The highest BCUT2D eigenvalue weighted by Crippen LogP contribution is 2.22. The molecule has 0 saturated heterocycles. The lowest BCUT2D eigenvalue weighted by atomic mass is 9.92. The summed E-state index contributed by atoms with van der Waals surface area (Å²) in [4.78, 5) is 10.9. The SMILES string of the molecule is C=C[C@H](OC(C)=O)[C@@](C)(O)CCCCCC. The Morgan fingerprint density at radius 2 is 2.12 bits per heavy atom. The van der Waals surface area contributed by atoms with Crippen LogP contribution < -0.4 is 0 Å². The van der Waals surface area contributed by atoms with Gasteiger partial charge in [-0.15, -0.1) is 0 Å². The van der Waals surface area contributed by atoms with Gasteiger partial charge in [0.2, 0.25) is 0 Å². The fourth-order valence-corrected chi connectivity index (χ4v) is 1.66. The molecule has 94 valence electrons. The van der Waals surface area contributed by atoms with Crippen molar-refractivity contribution < 1.29 is 14.6 Å². The van der Waals surface area contributed by atoms with Gasteiger partial charge in [0.15, 0.2) is 0 Å². The first-order valence-electron chi connectivity index (χ1n) is 5.96. The highest BCUT2D eigenvalue weighted by Gasteiger charge is 2.31. The zero-order chi connectivity index (χ0) is 12.6. The second-order valence-electron chi connectivity index (χ2n) is 4.43. The second-order valence-corrected chi connectivity index (χ2v) is 4.43. The average Bonchev–Trinajstić information content (AvgIpc) is 2.20. The van der Waals surface area contributed by atoms with E-state index < -0.39 is 17.7 Å². The summed E-state index contributed by atoms with van der Waals surface area (Å²) in [5.41, 5.74) is -1.01. The molecule has 0 rings (SSSR count). The first-order chi connectivity index (χ1) is 7.44. The van der Waals surface area contributed by atoms with E-state index in [0.717, 1.165) is 19.3 Å². The van der Waals surface area contributed by atoms with Crippen LogP contribution in [0.3, 0.4) is 0 Å². The van der Waals surface area contributed by atoms with E-state index in [2.05, 4.69) is 13.5 Å². The molecule has 0 radical (unpaired) electrons. The maximum Gasteiger partial charge on any atom is 0.303 e. The quantitative estimate of drug-likeness (QED) is 0.395. The van der Waals surface area contributed by atoms with Crippen LogP contribution in [0.2, 0.25) is 0 Å². The van der Waals surface area contributed by atoms with Crippen molar-refractivity contribution in [1.82, 2.24) is 0 Å². The van der Waals surface area contributed by atoms with Crippen LogP contribution in [0.1, 0.15) is 52.9 Å². The zero-order valence-corrected chi connectivity index (χ0v) is 10.7. The third-order valence-corrected chi connectivity index (χ3v) is 2.66. The number of carbonyl (C=O) groups excluding carboxylic acids is 1. The molecule has 3 heteroatoms. The monoisotopic (exact) mass is 228 g/mol. The van der Waals surface area contributed by atoms with Crippen molar-refractivity contribution in [2.24, 2.45) is 0 Å². The van der Waals surface area contributed by atoms with Crippen molar-refractivity contribution in [2.45, 2.75) is 64.6 Å². The number of unbranched alkanes of at least 4 members (excludes halogenated alkanes) is 3. The number of aliphatic hydroxyl groups is 1. The van der Waals surface area contributed by atoms with Crippen LogP contribution in [-0.4, -0.2) is 22.8 Å². The molecule has 0 unspecified atom stereocenters. The van der Waals surface area contributed by atoms with Crippen molar-refractivity contribution in [3.63, 3.8) is 0 Å². The minimum Gasteiger partial charge on any atom is -0.455 e. The molecule has 0 aromatic rings. The van der Waals surface area contributed by atoms with Gasteiger partial charge in [0, 0.05) is 6.92 Å². The topological polar surface area (TPSA) is 46.5 Å². The first-order valence-corrected chi connectivity index (χ1v) is 5.96. The van der Waals surface area contributed by atoms with Crippen LogP contribution >= 0.6 is 0 Å². The molecular formula is C13H24O3. The fourth-order valence-electron chi connectivity index (χ4n) is 1.66. The number of esters is 1. The van der Waals surface area contributed by atoms with Gasteiger partial charge in [-0.05, 0) is 19.4 Å². The Bertz CT molecular complexity index is 221. The van der Waals surface area contributed by atoms with Crippen LogP contribution in [0.5, 0.6) is 0 Å². The Labute approximate surface area is 98.5 Å². The minimum absolute atomic E-state index is 0.390. The summed E-state index contributed by atoms with van der Waals surface area (Å²) in [6.45, 7) is 8.76. The van der Waals surface area contributed by atoms with Crippen LogP contribution in [0.15, 0.2) is 12.7 Å². The fraction of sp³-hybridized carbons (Fsp3) is 0.769. The van der Waals surface area contributed by atoms with Gasteiger partial charge >= 0.3 is 5.97 Å². The summed E-state index contributed by atoms with van der Waals surface area (Å²) < 4.78 is 5.01. The summed E-state index contributed by atoms with van der Waals surface area (Å²) in [6, 6.07) is 0. The lowest BCUT2D eigenvalue weighted by Gasteiger charge is -2.30. The summed E-state index contributed by atoms with van der Waals surface area (Å²) in [5.74, 6) is -0.390. The Kier molecular flexibility index (Phi) is 7.06. The third kappa shape index (κ3) is 5.91. The number of hydrogen-bond donors (Lipinski definition) is 1. The molecule has 16 heavy (non-hydrogen) atoms. The van der Waals surface area contributed by atoms with Crippen molar-refractivity contribution in [3.8, 4) is 0 Å². The molecule has 0 aliphatic rings. The largest absolute Gasteiger partial charge is 0.455 e. The van der Waals surface area contributed by atoms with E-state index in [4.69, 9.17) is 4.74 Å². The van der Waals surface area contributed by atoms with Crippen LogP contribution in [0, 0.1) is 0 Å². The zero-order valence-electron chi connectivity index (χ0n) is 10.7. The Hall–Kier alpha value is -0.830. The molecule has 0 bridgehead atoms. The van der Waals surface area contributed by atoms with Gasteiger partial charge in [-0.1, -0.05) is 39.2 Å². The predicted octanol–water partition coefficient (Wildman–Crippen LogP) is 2.83. The normalized spacial score (nSPS) is 16.2. The molecular weight excluding hydrogens is 204 g/mol. The maximum absolute atomic E-state index is 10.9. The van der Waals surface area contributed by atoms with Gasteiger partial charge in [-0.2, -0.15) is 0 Å². The standard InChI is InChI=1S/C13H24O3/c1-5-7-8-9-10-13(4,15)12(6-2)16-11(3)14/h6,12,15H,2,5,7-10H2,1,3-4H3/t12-,13-/m0/s1. The molecule has 0 heterocycles. The minimum atomic E-state index is -1.01. The van der Waals surface area contributed by atoms with E-state index in [1.165, 1.54) is 19.4 Å². The van der Waals surface area contributed by atoms with E-state index in [0.29, 0.717) is 6.42 Å². The molecule has 0 amide bonds. The predicted molar refractivity (Wildman–Crippen MR) is 65.1 cm³/mol. The number of rotatable bonds is 8. The average molecular weight is 228 g/mol. The van der Waals surface area contributed by atoms with Crippen molar-refractivity contribution in [3.05, 3.63) is 12.7 Å². The van der Waals surface area contributed by atoms with E-state index >= 15 is 0 Å². The van der Waals surface area contributed by atoms with Crippen molar-refractivity contribution in [2.75, 3.05) is 0 Å². The van der Waals surface area contributed by atoms with E-state index in [-0.39, 0.29) is 0 Å². The van der Waals surface area contributed by atoms with E-state index in [1.54, 1.807) is 6.92 Å². The van der Waals surface area contributed by atoms with Gasteiger partial charge in [-0.25, -0.2) is 0 Å². The summed E-state index contributed by atoms with van der Waals surface area (Å²) >= 11 is 0. The Morgan fingerprint density at radius 1 is 1.50 bits per heavy atom. The van der Waals surface area contributed by atoms with Gasteiger partial charge in [0.1, 0.15) is 11.7 Å². The van der Waals surface area contributed by atoms with Gasteiger partial charge < -0.3 is 9.84 Å². The number of hydrogen-bond acceptors (Lipinski definition) is 3. The molecule has 3 nitrogen and oxygen atoms in total. The Morgan fingerprint density at radius 3 is 2.56 bits per heavy atom. The molecule has 0 aromatic heterocycles. The third-order valence-electron chi connectivity index (χ3n) is 2.66. The molecule has 0 aromatic carbocycles. The number of carbonyl (C=O) groups is 1. The maximum atomic E-state index is 10.9. The molecule has 0 fully saturated rings. The molecule has 1 N–H and O–H groups in total. The highest BCUT2D eigenvalue weighted by molar-refractivity contribution is 5.66. The smallest absolute Gasteiger partial charge is 0.303 e. The van der Waals surface area contributed by atoms with Crippen LogP contribution in [-0.2, 0) is 9.53 Å². The molecule has 0 spiro atoms. The highest BCUT2D eigenvalue weighted by atomic mass is 16.6. The first kappa shape index (κ1) is 15.2.